The van der Waals surface area contributed by atoms with Crippen LogP contribution in [0.1, 0.15) is 19.4 Å². The van der Waals surface area contributed by atoms with Crippen LogP contribution in [0.3, 0.4) is 0 Å². The molecule has 0 fully saturated rings. The SMILES string of the molecule is Cc1ccc(S(=O)(=O)NCC(C)(C)Cl)cc1. The zero-order chi connectivity index (χ0) is 12.4. The number of halogens is 1. The molecule has 3 nitrogen and oxygen atoms in total. The van der Waals surface area contributed by atoms with E-state index in [1.807, 2.05) is 6.92 Å². The quantitative estimate of drug-likeness (QED) is 0.846. The van der Waals surface area contributed by atoms with E-state index >= 15 is 0 Å². The highest BCUT2D eigenvalue weighted by atomic mass is 35.5. The smallest absolute Gasteiger partial charge is 0.209 e. The van der Waals surface area contributed by atoms with Gasteiger partial charge >= 0.3 is 0 Å². The van der Waals surface area contributed by atoms with E-state index in [0.717, 1.165) is 5.56 Å². The van der Waals surface area contributed by atoms with Crippen molar-refractivity contribution in [2.24, 2.45) is 0 Å². The van der Waals surface area contributed by atoms with Crippen LogP contribution in [0.25, 0.3) is 0 Å². The van der Waals surface area contributed by atoms with Crippen LogP contribution >= 0.6 is 11.6 Å². The fraction of sp³-hybridized carbons (Fsp3) is 0.455. The third kappa shape index (κ3) is 4.12. The van der Waals surface area contributed by atoms with Crippen molar-refractivity contribution < 1.29 is 8.42 Å². The molecule has 0 spiro atoms. The van der Waals surface area contributed by atoms with E-state index in [-0.39, 0.29) is 11.4 Å². The van der Waals surface area contributed by atoms with Gasteiger partial charge in [0.05, 0.1) is 9.77 Å². The Morgan fingerprint density at radius 1 is 1.25 bits per heavy atom. The molecule has 0 aliphatic rings. The molecule has 1 aromatic rings. The fourth-order valence-electron chi connectivity index (χ4n) is 1.07. The lowest BCUT2D eigenvalue weighted by Gasteiger charge is -2.16. The van der Waals surface area contributed by atoms with Gasteiger partial charge in [0.1, 0.15) is 0 Å². The van der Waals surface area contributed by atoms with Crippen molar-refractivity contribution in [1.29, 1.82) is 0 Å². The first-order valence-corrected chi connectivity index (χ1v) is 6.82. The summed E-state index contributed by atoms with van der Waals surface area (Å²) in [5.74, 6) is 0. The number of hydrogen-bond donors (Lipinski definition) is 1. The van der Waals surface area contributed by atoms with Gasteiger partial charge in [0.25, 0.3) is 0 Å². The summed E-state index contributed by atoms with van der Waals surface area (Å²) in [4.78, 5) is -0.323. The molecular weight excluding hydrogens is 246 g/mol. The lowest BCUT2D eigenvalue weighted by atomic mass is 10.2. The molecular formula is C11H16ClNO2S. The molecule has 0 amide bonds. The van der Waals surface area contributed by atoms with Gasteiger partial charge in [0.15, 0.2) is 0 Å². The second-order valence-electron chi connectivity index (χ2n) is 4.36. The lowest BCUT2D eigenvalue weighted by molar-refractivity contribution is 0.569. The van der Waals surface area contributed by atoms with Gasteiger partial charge in [-0.2, -0.15) is 0 Å². The Morgan fingerprint density at radius 3 is 2.19 bits per heavy atom. The zero-order valence-corrected chi connectivity index (χ0v) is 11.2. The normalized spacial score (nSPS) is 12.8. The summed E-state index contributed by atoms with van der Waals surface area (Å²) in [5, 5.41) is 0. The van der Waals surface area contributed by atoms with Crippen LogP contribution in [0.4, 0.5) is 0 Å². The third-order valence-electron chi connectivity index (χ3n) is 2.01. The van der Waals surface area contributed by atoms with Gasteiger partial charge in [-0.3, -0.25) is 0 Å². The Labute approximate surface area is 102 Å². The molecule has 1 N–H and O–H groups in total. The average Bonchev–Trinajstić information content (AvgIpc) is 2.15. The number of hydrogen-bond acceptors (Lipinski definition) is 2. The Morgan fingerprint density at radius 2 is 1.75 bits per heavy atom. The lowest BCUT2D eigenvalue weighted by Crippen LogP contribution is -2.34. The second kappa shape index (κ2) is 4.73. The summed E-state index contributed by atoms with van der Waals surface area (Å²) in [6, 6.07) is 6.69. The first-order chi connectivity index (χ1) is 7.21. The molecule has 1 rings (SSSR count). The third-order valence-corrected chi connectivity index (χ3v) is 3.56. The van der Waals surface area contributed by atoms with Crippen molar-refractivity contribution in [2.75, 3.05) is 6.54 Å². The molecule has 90 valence electrons. The topological polar surface area (TPSA) is 46.2 Å². The van der Waals surface area contributed by atoms with Crippen molar-refractivity contribution in [1.82, 2.24) is 4.72 Å². The molecule has 0 saturated heterocycles. The predicted molar refractivity (Wildman–Crippen MR) is 66.3 cm³/mol. The average molecular weight is 262 g/mol. The van der Waals surface area contributed by atoms with E-state index < -0.39 is 14.9 Å². The number of rotatable bonds is 4. The Balaban J connectivity index is 2.83. The number of alkyl halides is 1. The summed E-state index contributed by atoms with van der Waals surface area (Å²) >= 11 is 5.92. The zero-order valence-electron chi connectivity index (χ0n) is 9.62. The van der Waals surface area contributed by atoms with Crippen LogP contribution in [0.2, 0.25) is 0 Å². The summed E-state index contributed by atoms with van der Waals surface area (Å²) in [7, 11) is -3.44. The van der Waals surface area contributed by atoms with Gasteiger partial charge in [-0.25, -0.2) is 13.1 Å². The van der Waals surface area contributed by atoms with Crippen LogP contribution in [0, 0.1) is 6.92 Å². The summed E-state index contributed by atoms with van der Waals surface area (Å²) < 4.78 is 26.1. The van der Waals surface area contributed by atoms with Gasteiger partial charge < -0.3 is 0 Å². The van der Waals surface area contributed by atoms with Crippen LogP contribution in [-0.2, 0) is 10.0 Å². The number of aryl methyl sites for hydroxylation is 1. The van der Waals surface area contributed by atoms with E-state index in [2.05, 4.69) is 4.72 Å². The fourth-order valence-corrected chi connectivity index (χ4v) is 2.43. The van der Waals surface area contributed by atoms with Crippen LogP contribution in [0.5, 0.6) is 0 Å². The number of nitrogens with one attached hydrogen (secondary N) is 1. The summed E-state index contributed by atoms with van der Waals surface area (Å²) in [6.07, 6.45) is 0. The highest BCUT2D eigenvalue weighted by Crippen LogP contribution is 2.14. The van der Waals surface area contributed by atoms with Crippen molar-refractivity contribution >= 4 is 21.6 Å². The molecule has 0 unspecified atom stereocenters. The van der Waals surface area contributed by atoms with Gasteiger partial charge in [0.2, 0.25) is 10.0 Å². The maximum Gasteiger partial charge on any atom is 0.240 e. The van der Waals surface area contributed by atoms with Crippen LogP contribution < -0.4 is 4.72 Å². The molecule has 16 heavy (non-hydrogen) atoms. The van der Waals surface area contributed by atoms with E-state index in [0.29, 0.717) is 0 Å². The highest BCUT2D eigenvalue weighted by molar-refractivity contribution is 7.89. The minimum Gasteiger partial charge on any atom is -0.209 e. The van der Waals surface area contributed by atoms with Gasteiger partial charge in [-0.05, 0) is 32.9 Å². The minimum absolute atomic E-state index is 0.199. The maximum atomic E-state index is 11.8. The predicted octanol–water partition coefficient (Wildman–Crippen LogP) is 2.29. The molecule has 0 bridgehead atoms. The molecule has 1 aromatic carbocycles. The monoisotopic (exact) mass is 261 g/mol. The Kier molecular flexibility index (Phi) is 3.99. The van der Waals surface area contributed by atoms with Gasteiger partial charge in [-0.15, -0.1) is 11.6 Å². The van der Waals surface area contributed by atoms with Crippen molar-refractivity contribution in [3.8, 4) is 0 Å². The van der Waals surface area contributed by atoms with E-state index in [9.17, 15) is 8.42 Å². The van der Waals surface area contributed by atoms with Crippen LogP contribution in [0.15, 0.2) is 29.2 Å². The van der Waals surface area contributed by atoms with E-state index in [4.69, 9.17) is 11.6 Å². The molecule has 0 aliphatic carbocycles. The highest BCUT2D eigenvalue weighted by Gasteiger charge is 2.19. The van der Waals surface area contributed by atoms with E-state index in [1.165, 1.54) is 0 Å². The maximum absolute atomic E-state index is 11.8. The summed E-state index contributed by atoms with van der Waals surface area (Å²) in [5.41, 5.74) is 1.02. The second-order valence-corrected chi connectivity index (χ2v) is 7.15. The molecule has 0 radical (unpaired) electrons. The Hall–Kier alpha value is -0.580. The molecule has 0 heterocycles. The standard InChI is InChI=1S/C11H16ClNO2S/c1-9-4-6-10(7-5-9)16(14,15)13-8-11(2,3)12/h4-7,13H,8H2,1-3H3. The molecule has 0 saturated carbocycles. The largest absolute Gasteiger partial charge is 0.240 e. The van der Waals surface area contributed by atoms with E-state index in [1.54, 1.807) is 38.1 Å². The molecule has 0 aliphatic heterocycles. The number of sulfonamides is 1. The minimum atomic E-state index is -3.44. The first-order valence-electron chi connectivity index (χ1n) is 4.96. The van der Waals surface area contributed by atoms with Crippen molar-refractivity contribution in [2.45, 2.75) is 30.5 Å². The van der Waals surface area contributed by atoms with Crippen molar-refractivity contribution in [3.05, 3.63) is 29.8 Å². The molecule has 0 atom stereocenters. The summed E-state index contributed by atoms with van der Waals surface area (Å²) in [6.45, 7) is 5.62. The Bertz CT molecular complexity index is 446. The number of benzene rings is 1. The molecule has 0 aromatic heterocycles. The van der Waals surface area contributed by atoms with Gasteiger partial charge in [-0.1, -0.05) is 17.7 Å². The van der Waals surface area contributed by atoms with Crippen LogP contribution in [-0.4, -0.2) is 19.8 Å². The van der Waals surface area contributed by atoms with Gasteiger partial charge in [0, 0.05) is 6.54 Å². The first kappa shape index (κ1) is 13.5. The van der Waals surface area contributed by atoms with Crippen molar-refractivity contribution in [3.63, 3.8) is 0 Å². The molecule has 5 heteroatoms.